The highest BCUT2D eigenvalue weighted by Crippen LogP contribution is 2.19. The van der Waals surface area contributed by atoms with Gasteiger partial charge in [0, 0.05) is 23.8 Å². The van der Waals surface area contributed by atoms with Gasteiger partial charge in [0.15, 0.2) is 0 Å². The largest absolute Gasteiger partial charge is 0.269 e. The topological polar surface area (TPSA) is 93.3 Å². The molecule has 7 nitrogen and oxygen atoms in total. The van der Waals surface area contributed by atoms with Gasteiger partial charge in [-0.05, 0) is 31.5 Å². The molecule has 0 aliphatic heterocycles. The summed E-state index contributed by atoms with van der Waals surface area (Å²) in [6, 6.07) is 17.9. The van der Waals surface area contributed by atoms with E-state index >= 15 is 0 Å². The van der Waals surface area contributed by atoms with E-state index in [0.29, 0.717) is 17.4 Å². The van der Waals surface area contributed by atoms with Gasteiger partial charge >= 0.3 is 0 Å². The predicted molar refractivity (Wildman–Crippen MR) is 101 cm³/mol. The van der Waals surface area contributed by atoms with Crippen molar-refractivity contribution in [1.29, 1.82) is 0 Å². The standard InChI is InChI=1S/C19H17N5O2/c1-13(15-8-10-17(11-9-15)24(25)26)22-23-19-12-18(20-14(2)21-19)16-6-4-3-5-7-16/h3-12H,1-2H3,(H,20,21,23). The number of nitro groups is 1. The van der Waals surface area contributed by atoms with Crippen molar-refractivity contribution in [2.24, 2.45) is 5.10 Å². The predicted octanol–water partition coefficient (Wildman–Crippen LogP) is 4.20. The highest BCUT2D eigenvalue weighted by molar-refractivity contribution is 5.99. The van der Waals surface area contributed by atoms with Crippen LogP contribution in [0.1, 0.15) is 18.3 Å². The maximum Gasteiger partial charge on any atom is 0.269 e. The number of anilines is 1. The molecular formula is C19H17N5O2. The molecule has 0 aliphatic rings. The zero-order chi connectivity index (χ0) is 18.5. The molecule has 0 atom stereocenters. The molecule has 130 valence electrons. The first-order valence-electron chi connectivity index (χ1n) is 7.99. The van der Waals surface area contributed by atoms with Crippen LogP contribution in [0.2, 0.25) is 0 Å². The van der Waals surface area contributed by atoms with Gasteiger partial charge in [-0.2, -0.15) is 5.10 Å². The molecule has 0 aliphatic carbocycles. The van der Waals surface area contributed by atoms with Gasteiger partial charge < -0.3 is 0 Å². The van der Waals surface area contributed by atoms with Crippen LogP contribution in [-0.2, 0) is 0 Å². The molecule has 3 aromatic rings. The van der Waals surface area contributed by atoms with E-state index in [0.717, 1.165) is 16.8 Å². The van der Waals surface area contributed by atoms with Gasteiger partial charge in [0.2, 0.25) is 0 Å². The average molecular weight is 347 g/mol. The third-order valence-corrected chi connectivity index (χ3v) is 3.74. The Balaban J connectivity index is 1.81. The molecule has 1 N–H and O–H groups in total. The number of benzene rings is 2. The van der Waals surface area contributed by atoms with Gasteiger partial charge in [0.05, 0.1) is 16.3 Å². The first kappa shape index (κ1) is 17.2. The van der Waals surface area contributed by atoms with E-state index in [1.54, 1.807) is 12.1 Å². The van der Waals surface area contributed by atoms with Crippen molar-refractivity contribution in [2.75, 3.05) is 5.43 Å². The molecule has 0 unspecified atom stereocenters. The van der Waals surface area contributed by atoms with E-state index in [1.807, 2.05) is 50.2 Å². The average Bonchev–Trinajstić information content (AvgIpc) is 2.66. The van der Waals surface area contributed by atoms with E-state index in [4.69, 9.17) is 0 Å². The Morgan fingerprint density at radius 3 is 2.42 bits per heavy atom. The minimum Gasteiger partial charge on any atom is -0.261 e. The molecule has 0 saturated carbocycles. The SMILES string of the molecule is CC(=NNc1cc(-c2ccccc2)nc(C)n1)c1ccc([N+](=O)[O-])cc1. The number of hydrogen-bond acceptors (Lipinski definition) is 6. The van der Waals surface area contributed by atoms with Crippen molar-refractivity contribution in [1.82, 2.24) is 9.97 Å². The monoisotopic (exact) mass is 347 g/mol. The summed E-state index contributed by atoms with van der Waals surface area (Å²) >= 11 is 0. The molecule has 0 fully saturated rings. The van der Waals surface area contributed by atoms with Crippen LogP contribution in [-0.4, -0.2) is 20.6 Å². The van der Waals surface area contributed by atoms with Gasteiger partial charge in [0.25, 0.3) is 5.69 Å². The van der Waals surface area contributed by atoms with Crippen molar-refractivity contribution < 1.29 is 4.92 Å². The van der Waals surface area contributed by atoms with Gasteiger partial charge in [-0.1, -0.05) is 30.3 Å². The minimum absolute atomic E-state index is 0.0495. The number of aromatic nitrogens is 2. The molecule has 7 heteroatoms. The van der Waals surface area contributed by atoms with E-state index < -0.39 is 4.92 Å². The lowest BCUT2D eigenvalue weighted by molar-refractivity contribution is -0.384. The molecule has 0 bridgehead atoms. The second-order valence-corrected chi connectivity index (χ2v) is 5.66. The molecule has 1 aromatic heterocycles. The maximum absolute atomic E-state index is 10.7. The Morgan fingerprint density at radius 2 is 1.77 bits per heavy atom. The van der Waals surface area contributed by atoms with Crippen LogP contribution in [0.4, 0.5) is 11.5 Å². The molecule has 3 rings (SSSR count). The Hall–Kier alpha value is -3.61. The van der Waals surface area contributed by atoms with Crippen LogP contribution < -0.4 is 5.43 Å². The zero-order valence-corrected chi connectivity index (χ0v) is 14.4. The second kappa shape index (κ2) is 7.52. The molecule has 0 amide bonds. The van der Waals surface area contributed by atoms with Crippen molar-refractivity contribution in [3.63, 3.8) is 0 Å². The molecule has 26 heavy (non-hydrogen) atoms. The summed E-state index contributed by atoms with van der Waals surface area (Å²) in [4.78, 5) is 19.1. The van der Waals surface area contributed by atoms with Crippen LogP contribution in [0.3, 0.4) is 0 Å². The first-order chi connectivity index (χ1) is 12.5. The molecule has 0 radical (unpaired) electrons. The minimum atomic E-state index is -0.427. The maximum atomic E-state index is 10.7. The Labute approximate surface area is 150 Å². The van der Waals surface area contributed by atoms with Crippen LogP contribution in [0.15, 0.2) is 65.8 Å². The van der Waals surface area contributed by atoms with Crippen molar-refractivity contribution in [2.45, 2.75) is 13.8 Å². The fraction of sp³-hybridized carbons (Fsp3) is 0.105. The number of hydrogen-bond donors (Lipinski definition) is 1. The zero-order valence-electron chi connectivity index (χ0n) is 14.4. The van der Waals surface area contributed by atoms with Crippen LogP contribution in [0.5, 0.6) is 0 Å². The lowest BCUT2D eigenvalue weighted by Gasteiger charge is -2.07. The fourth-order valence-electron chi connectivity index (χ4n) is 2.41. The quantitative estimate of drug-likeness (QED) is 0.424. The number of nitrogens with one attached hydrogen (secondary N) is 1. The van der Waals surface area contributed by atoms with Crippen LogP contribution in [0.25, 0.3) is 11.3 Å². The summed E-state index contributed by atoms with van der Waals surface area (Å²) in [5.41, 5.74) is 6.27. The third-order valence-electron chi connectivity index (χ3n) is 3.74. The van der Waals surface area contributed by atoms with Crippen molar-refractivity contribution in [3.8, 4) is 11.3 Å². The highest BCUT2D eigenvalue weighted by Gasteiger charge is 2.06. The molecule has 0 spiro atoms. The summed E-state index contributed by atoms with van der Waals surface area (Å²) in [5, 5.41) is 15.0. The molecule has 1 heterocycles. The Bertz CT molecular complexity index is 953. The lowest BCUT2D eigenvalue weighted by atomic mass is 10.1. The lowest BCUT2D eigenvalue weighted by Crippen LogP contribution is -2.03. The molecular weight excluding hydrogens is 330 g/mol. The summed E-state index contributed by atoms with van der Waals surface area (Å²) in [6.45, 7) is 3.64. The van der Waals surface area contributed by atoms with E-state index in [2.05, 4.69) is 20.5 Å². The second-order valence-electron chi connectivity index (χ2n) is 5.66. The van der Waals surface area contributed by atoms with Crippen LogP contribution in [0, 0.1) is 17.0 Å². The molecule has 0 saturated heterocycles. The summed E-state index contributed by atoms with van der Waals surface area (Å²) in [6.07, 6.45) is 0. The number of hydrazone groups is 1. The third kappa shape index (κ3) is 4.07. The highest BCUT2D eigenvalue weighted by atomic mass is 16.6. The van der Waals surface area contributed by atoms with Gasteiger partial charge in [-0.25, -0.2) is 9.97 Å². The Kier molecular flexibility index (Phi) is 4.98. The van der Waals surface area contributed by atoms with E-state index in [-0.39, 0.29) is 5.69 Å². The van der Waals surface area contributed by atoms with Gasteiger partial charge in [-0.15, -0.1) is 0 Å². The van der Waals surface area contributed by atoms with E-state index in [1.165, 1.54) is 12.1 Å². The van der Waals surface area contributed by atoms with Gasteiger partial charge in [0.1, 0.15) is 11.6 Å². The first-order valence-corrected chi connectivity index (χ1v) is 7.99. The number of nitro benzene ring substituents is 1. The molecule has 2 aromatic carbocycles. The smallest absolute Gasteiger partial charge is 0.261 e. The van der Waals surface area contributed by atoms with E-state index in [9.17, 15) is 10.1 Å². The number of nitrogens with zero attached hydrogens (tertiary/aromatic N) is 4. The number of aryl methyl sites for hydroxylation is 1. The Morgan fingerprint density at radius 1 is 1.08 bits per heavy atom. The number of non-ortho nitro benzene ring substituents is 1. The fourth-order valence-corrected chi connectivity index (χ4v) is 2.41. The summed E-state index contributed by atoms with van der Waals surface area (Å²) < 4.78 is 0. The summed E-state index contributed by atoms with van der Waals surface area (Å²) in [7, 11) is 0. The van der Waals surface area contributed by atoms with Crippen molar-refractivity contribution in [3.05, 3.63) is 82.2 Å². The summed E-state index contributed by atoms with van der Waals surface area (Å²) in [5.74, 6) is 1.22. The number of rotatable bonds is 5. The normalized spacial score (nSPS) is 11.2. The van der Waals surface area contributed by atoms with Crippen molar-refractivity contribution >= 4 is 17.2 Å². The van der Waals surface area contributed by atoms with Gasteiger partial charge in [-0.3, -0.25) is 15.5 Å². The van der Waals surface area contributed by atoms with Crippen LogP contribution >= 0.6 is 0 Å².